The normalized spacial score (nSPS) is 18.3. The van der Waals surface area contributed by atoms with E-state index in [1.165, 1.54) is 24.0 Å². The van der Waals surface area contributed by atoms with E-state index in [0.29, 0.717) is 6.04 Å². The highest BCUT2D eigenvalue weighted by Crippen LogP contribution is 2.32. The zero-order valence-corrected chi connectivity index (χ0v) is 13.7. The number of hydrogen-bond donors (Lipinski definition) is 1. The first kappa shape index (κ1) is 16.3. The molecule has 5 heteroatoms. The number of ether oxygens (including phenoxy) is 1. The Morgan fingerprint density at radius 3 is 2.86 bits per heavy atom. The number of nitrogens with one attached hydrogen (secondary N) is 1. The standard InChI is InChI=1S/C16H25NO3S/c1-3-17-16-7-5-6-13-12-14(8-9-15(13)16)20-10-11-21(18,19)4-2/h8-9,12,16-17H,3-7,10-11H2,1-2H3. The first-order chi connectivity index (χ1) is 10.1. The van der Waals surface area contributed by atoms with E-state index in [4.69, 9.17) is 4.74 Å². The average molecular weight is 311 g/mol. The van der Waals surface area contributed by atoms with Gasteiger partial charge in [-0.3, -0.25) is 0 Å². The third kappa shape index (κ3) is 4.45. The van der Waals surface area contributed by atoms with Crippen LogP contribution in [-0.2, 0) is 16.3 Å². The predicted molar refractivity (Wildman–Crippen MR) is 85.6 cm³/mol. The zero-order valence-electron chi connectivity index (χ0n) is 12.9. The van der Waals surface area contributed by atoms with E-state index in [1.54, 1.807) is 6.92 Å². The molecule has 1 aromatic rings. The molecule has 0 bridgehead atoms. The van der Waals surface area contributed by atoms with Gasteiger partial charge in [0.15, 0.2) is 9.84 Å². The van der Waals surface area contributed by atoms with Crippen molar-refractivity contribution in [1.29, 1.82) is 0 Å². The molecule has 0 amide bonds. The second kappa shape index (κ2) is 7.27. The summed E-state index contributed by atoms with van der Waals surface area (Å²) in [6.07, 6.45) is 3.43. The summed E-state index contributed by atoms with van der Waals surface area (Å²) in [5.41, 5.74) is 2.68. The molecule has 1 aliphatic carbocycles. The van der Waals surface area contributed by atoms with Gasteiger partial charge in [0.1, 0.15) is 12.4 Å². The molecule has 0 fully saturated rings. The lowest BCUT2D eigenvalue weighted by atomic mass is 9.87. The van der Waals surface area contributed by atoms with Crippen molar-refractivity contribution in [3.05, 3.63) is 29.3 Å². The van der Waals surface area contributed by atoms with E-state index >= 15 is 0 Å². The molecule has 0 saturated heterocycles. The van der Waals surface area contributed by atoms with Crippen molar-refractivity contribution in [3.63, 3.8) is 0 Å². The molecule has 21 heavy (non-hydrogen) atoms. The monoisotopic (exact) mass is 311 g/mol. The van der Waals surface area contributed by atoms with E-state index in [0.717, 1.165) is 18.7 Å². The summed E-state index contributed by atoms with van der Waals surface area (Å²) in [5.74, 6) is 1.03. The first-order valence-corrected chi connectivity index (χ1v) is 9.57. The topological polar surface area (TPSA) is 55.4 Å². The molecule has 1 unspecified atom stereocenters. The summed E-state index contributed by atoms with van der Waals surface area (Å²) in [5, 5.41) is 3.51. The van der Waals surface area contributed by atoms with Crippen LogP contribution in [0.25, 0.3) is 0 Å². The maximum absolute atomic E-state index is 11.4. The zero-order chi connectivity index (χ0) is 15.3. The predicted octanol–water partition coefficient (Wildman–Crippen LogP) is 2.49. The minimum atomic E-state index is -2.96. The molecular formula is C16H25NO3S. The SMILES string of the molecule is CCNC1CCCc2cc(OCCS(=O)(=O)CC)ccc21. The molecule has 0 aromatic heterocycles. The van der Waals surface area contributed by atoms with Crippen LogP contribution < -0.4 is 10.1 Å². The molecular weight excluding hydrogens is 286 g/mol. The largest absolute Gasteiger partial charge is 0.493 e. The summed E-state index contributed by atoms with van der Waals surface area (Å²) < 4.78 is 28.5. The van der Waals surface area contributed by atoms with E-state index < -0.39 is 9.84 Å². The van der Waals surface area contributed by atoms with Crippen molar-refractivity contribution in [2.24, 2.45) is 0 Å². The van der Waals surface area contributed by atoms with Gasteiger partial charge < -0.3 is 10.1 Å². The van der Waals surface area contributed by atoms with Gasteiger partial charge >= 0.3 is 0 Å². The van der Waals surface area contributed by atoms with Gasteiger partial charge in [0.25, 0.3) is 0 Å². The highest BCUT2D eigenvalue weighted by molar-refractivity contribution is 7.91. The average Bonchev–Trinajstić information content (AvgIpc) is 2.47. The summed E-state index contributed by atoms with van der Waals surface area (Å²) in [6.45, 7) is 4.98. The van der Waals surface area contributed by atoms with Crippen molar-refractivity contribution in [2.45, 2.75) is 39.2 Å². The Labute approximate surface area is 127 Å². The van der Waals surface area contributed by atoms with Crippen LogP contribution in [0.3, 0.4) is 0 Å². The Kier molecular flexibility index (Phi) is 5.65. The van der Waals surface area contributed by atoms with Gasteiger partial charge in [-0.2, -0.15) is 0 Å². The Balaban J connectivity index is 2.01. The molecule has 1 atom stereocenters. The smallest absolute Gasteiger partial charge is 0.153 e. The lowest BCUT2D eigenvalue weighted by Gasteiger charge is -2.26. The third-order valence-electron chi connectivity index (χ3n) is 3.98. The maximum Gasteiger partial charge on any atom is 0.153 e. The van der Waals surface area contributed by atoms with E-state index in [2.05, 4.69) is 24.4 Å². The van der Waals surface area contributed by atoms with Crippen LogP contribution in [0.15, 0.2) is 18.2 Å². The number of aryl methyl sites for hydroxylation is 1. The fourth-order valence-electron chi connectivity index (χ4n) is 2.77. The summed E-state index contributed by atoms with van der Waals surface area (Å²) in [7, 11) is -2.96. The number of hydrogen-bond acceptors (Lipinski definition) is 4. The van der Waals surface area contributed by atoms with Gasteiger partial charge in [-0.05, 0) is 49.1 Å². The first-order valence-electron chi connectivity index (χ1n) is 7.75. The van der Waals surface area contributed by atoms with Crippen LogP contribution in [-0.4, -0.2) is 33.1 Å². The molecule has 118 valence electrons. The van der Waals surface area contributed by atoms with Gasteiger partial charge in [0, 0.05) is 11.8 Å². The van der Waals surface area contributed by atoms with Crippen LogP contribution >= 0.6 is 0 Å². The molecule has 1 N–H and O–H groups in total. The van der Waals surface area contributed by atoms with Crippen molar-refractivity contribution >= 4 is 9.84 Å². The van der Waals surface area contributed by atoms with Crippen molar-refractivity contribution < 1.29 is 13.2 Å². The molecule has 1 aliphatic rings. The van der Waals surface area contributed by atoms with E-state index in [1.807, 2.05) is 6.07 Å². The van der Waals surface area contributed by atoms with Crippen LogP contribution in [0.1, 0.15) is 43.9 Å². The molecule has 2 rings (SSSR count). The minimum Gasteiger partial charge on any atom is -0.493 e. The second-order valence-electron chi connectivity index (χ2n) is 5.45. The Hall–Kier alpha value is -1.07. The third-order valence-corrected chi connectivity index (χ3v) is 5.65. The quantitative estimate of drug-likeness (QED) is 0.840. The number of fused-ring (bicyclic) bond motifs is 1. The Morgan fingerprint density at radius 2 is 2.14 bits per heavy atom. The minimum absolute atomic E-state index is 0.0839. The molecule has 0 radical (unpaired) electrons. The van der Waals surface area contributed by atoms with Crippen molar-refractivity contribution in [2.75, 3.05) is 24.7 Å². The van der Waals surface area contributed by atoms with Crippen LogP contribution in [0, 0.1) is 0 Å². The highest BCUT2D eigenvalue weighted by atomic mass is 32.2. The maximum atomic E-state index is 11.4. The molecule has 0 heterocycles. The van der Waals surface area contributed by atoms with Crippen LogP contribution in [0.4, 0.5) is 0 Å². The summed E-state index contributed by atoms with van der Waals surface area (Å²) >= 11 is 0. The van der Waals surface area contributed by atoms with Crippen molar-refractivity contribution in [3.8, 4) is 5.75 Å². The number of sulfone groups is 1. The van der Waals surface area contributed by atoms with Crippen LogP contribution in [0.5, 0.6) is 5.75 Å². The molecule has 1 aromatic carbocycles. The fourth-order valence-corrected chi connectivity index (χ4v) is 3.40. The number of benzene rings is 1. The van der Waals surface area contributed by atoms with E-state index in [9.17, 15) is 8.42 Å². The lowest BCUT2D eigenvalue weighted by Crippen LogP contribution is -2.24. The van der Waals surface area contributed by atoms with Crippen LogP contribution in [0.2, 0.25) is 0 Å². The Bertz CT molecular complexity index is 569. The molecule has 0 aliphatic heterocycles. The summed E-state index contributed by atoms with van der Waals surface area (Å²) in [4.78, 5) is 0. The summed E-state index contributed by atoms with van der Waals surface area (Å²) in [6, 6.07) is 6.57. The molecule has 0 spiro atoms. The van der Waals surface area contributed by atoms with Gasteiger partial charge in [-0.15, -0.1) is 0 Å². The fraction of sp³-hybridized carbons (Fsp3) is 0.625. The Morgan fingerprint density at radius 1 is 1.33 bits per heavy atom. The highest BCUT2D eigenvalue weighted by Gasteiger charge is 2.19. The van der Waals surface area contributed by atoms with Crippen molar-refractivity contribution in [1.82, 2.24) is 5.32 Å². The van der Waals surface area contributed by atoms with Gasteiger partial charge in [-0.1, -0.05) is 19.9 Å². The lowest BCUT2D eigenvalue weighted by molar-refractivity contribution is 0.339. The molecule has 4 nitrogen and oxygen atoms in total. The van der Waals surface area contributed by atoms with Gasteiger partial charge in [0.05, 0.1) is 5.75 Å². The van der Waals surface area contributed by atoms with E-state index in [-0.39, 0.29) is 18.1 Å². The molecule has 0 saturated carbocycles. The van der Waals surface area contributed by atoms with Gasteiger partial charge in [-0.25, -0.2) is 8.42 Å². The number of rotatable bonds is 7. The second-order valence-corrected chi connectivity index (χ2v) is 7.92. The van der Waals surface area contributed by atoms with Gasteiger partial charge in [0.2, 0.25) is 0 Å².